The van der Waals surface area contributed by atoms with E-state index in [0.717, 1.165) is 40.8 Å². The van der Waals surface area contributed by atoms with Crippen LogP contribution in [0.2, 0.25) is 5.02 Å². The Hall–Kier alpha value is -1.67. The molecule has 3 heteroatoms. The fourth-order valence-corrected chi connectivity index (χ4v) is 4.28. The molecule has 2 aliphatic rings. The summed E-state index contributed by atoms with van der Waals surface area (Å²) >= 11 is 5.88. The Morgan fingerprint density at radius 2 is 1.61 bits per heavy atom. The van der Waals surface area contributed by atoms with Crippen molar-refractivity contribution >= 4 is 17.3 Å². The summed E-state index contributed by atoms with van der Waals surface area (Å²) < 4.78 is 5.82. The second-order valence-electron chi connectivity index (χ2n) is 6.90. The van der Waals surface area contributed by atoms with Crippen LogP contribution >= 0.6 is 11.6 Å². The summed E-state index contributed by atoms with van der Waals surface area (Å²) in [6, 6.07) is 15.6. The molecule has 2 nitrogen and oxygen atoms in total. The zero-order valence-electron chi connectivity index (χ0n) is 13.2. The molecule has 2 aromatic rings. The van der Waals surface area contributed by atoms with Crippen LogP contribution < -0.4 is 10.1 Å². The van der Waals surface area contributed by atoms with Crippen molar-refractivity contribution in [2.75, 3.05) is 11.9 Å². The quantitative estimate of drug-likeness (QED) is 0.729. The van der Waals surface area contributed by atoms with Crippen LogP contribution in [-0.2, 0) is 0 Å². The van der Waals surface area contributed by atoms with Gasteiger partial charge in [0.15, 0.2) is 0 Å². The van der Waals surface area contributed by atoms with Crippen molar-refractivity contribution in [2.24, 2.45) is 17.8 Å². The standard InChI is InChI=1S/C20H22ClNO/c21-17-3-7-19(8-4-17)23-20-9-5-18(6-10-20)22-13-16-12-14-1-2-15(16)11-14/h3-10,14-16,22H,1-2,11-13H2. The van der Waals surface area contributed by atoms with Crippen molar-refractivity contribution in [1.29, 1.82) is 0 Å². The largest absolute Gasteiger partial charge is 0.457 e. The van der Waals surface area contributed by atoms with Gasteiger partial charge in [0.05, 0.1) is 0 Å². The van der Waals surface area contributed by atoms with Crippen LogP contribution in [0.15, 0.2) is 48.5 Å². The number of hydrogen-bond acceptors (Lipinski definition) is 2. The smallest absolute Gasteiger partial charge is 0.127 e. The number of ether oxygens (including phenoxy) is 1. The van der Waals surface area contributed by atoms with Gasteiger partial charge < -0.3 is 10.1 Å². The number of benzene rings is 2. The first-order valence-corrected chi connectivity index (χ1v) is 8.91. The minimum Gasteiger partial charge on any atom is -0.457 e. The molecular formula is C20H22ClNO. The molecule has 0 amide bonds. The normalized spacial score (nSPS) is 25.5. The van der Waals surface area contributed by atoms with Crippen LogP contribution in [0.4, 0.5) is 5.69 Å². The van der Waals surface area contributed by atoms with E-state index in [0.29, 0.717) is 0 Å². The van der Waals surface area contributed by atoms with Crippen LogP contribution in [0, 0.1) is 17.8 Å². The average molecular weight is 328 g/mol. The van der Waals surface area contributed by atoms with Crippen molar-refractivity contribution in [3.05, 3.63) is 53.6 Å². The molecule has 2 fully saturated rings. The molecule has 2 bridgehead atoms. The zero-order chi connectivity index (χ0) is 15.6. The molecule has 120 valence electrons. The summed E-state index contributed by atoms with van der Waals surface area (Å²) in [5.74, 6) is 4.51. The van der Waals surface area contributed by atoms with E-state index < -0.39 is 0 Å². The summed E-state index contributed by atoms with van der Waals surface area (Å²) in [6.45, 7) is 1.11. The zero-order valence-corrected chi connectivity index (χ0v) is 13.9. The third-order valence-electron chi connectivity index (χ3n) is 5.36. The van der Waals surface area contributed by atoms with Crippen LogP contribution in [0.25, 0.3) is 0 Å². The molecule has 2 saturated carbocycles. The minimum atomic E-state index is 0.720. The first-order valence-electron chi connectivity index (χ1n) is 8.53. The lowest BCUT2D eigenvalue weighted by Gasteiger charge is -2.22. The molecule has 0 heterocycles. The molecule has 0 aromatic heterocycles. The maximum absolute atomic E-state index is 5.88. The first kappa shape index (κ1) is 14.9. The van der Waals surface area contributed by atoms with E-state index in [4.69, 9.17) is 16.3 Å². The van der Waals surface area contributed by atoms with Gasteiger partial charge in [0.1, 0.15) is 11.5 Å². The number of rotatable bonds is 5. The van der Waals surface area contributed by atoms with Crippen LogP contribution in [0.3, 0.4) is 0 Å². The van der Waals surface area contributed by atoms with Gasteiger partial charge >= 0.3 is 0 Å². The number of fused-ring (bicyclic) bond motifs is 2. The lowest BCUT2D eigenvalue weighted by Crippen LogP contribution is -2.20. The summed E-state index contributed by atoms with van der Waals surface area (Å²) in [6.07, 6.45) is 5.82. The van der Waals surface area contributed by atoms with E-state index in [2.05, 4.69) is 17.4 Å². The highest BCUT2D eigenvalue weighted by atomic mass is 35.5. The van der Waals surface area contributed by atoms with E-state index in [1.807, 2.05) is 36.4 Å². The molecule has 0 spiro atoms. The third kappa shape index (κ3) is 3.48. The molecule has 3 unspecified atom stereocenters. The molecule has 4 rings (SSSR count). The van der Waals surface area contributed by atoms with Gasteiger partial charge in [-0.25, -0.2) is 0 Å². The number of halogens is 1. The fraction of sp³-hybridized carbons (Fsp3) is 0.400. The highest BCUT2D eigenvalue weighted by Gasteiger charge is 2.38. The molecule has 2 aliphatic carbocycles. The number of hydrogen-bond donors (Lipinski definition) is 1. The van der Waals surface area contributed by atoms with E-state index >= 15 is 0 Å². The minimum absolute atomic E-state index is 0.720. The van der Waals surface area contributed by atoms with Gasteiger partial charge in [0, 0.05) is 17.3 Å². The lowest BCUT2D eigenvalue weighted by molar-refractivity contribution is 0.348. The van der Waals surface area contributed by atoms with Gasteiger partial charge in [-0.3, -0.25) is 0 Å². The van der Waals surface area contributed by atoms with E-state index in [-0.39, 0.29) is 0 Å². The van der Waals surface area contributed by atoms with E-state index in [9.17, 15) is 0 Å². The van der Waals surface area contributed by atoms with Gasteiger partial charge in [-0.1, -0.05) is 18.0 Å². The Balaban J connectivity index is 1.32. The Labute approximate surface area is 142 Å². The Morgan fingerprint density at radius 1 is 0.913 bits per heavy atom. The highest BCUT2D eigenvalue weighted by Crippen LogP contribution is 2.48. The average Bonchev–Trinajstić information content (AvgIpc) is 3.19. The molecule has 0 saturated heterocycles. The van der Waals surface area contributed by atoms with Gasteiger partial charge in [-0.15, -0.1) is 0 Å². The number of nitrogens with one attached hydrogen (secondary N) is 1. The van der Waals surface area contributed by atoms with Crippen LogP contribution in [0.5, 0.6) is 11.5 Å². The number of anilines is 1. The monoisotopic (exact) mass is 327 g/mol. The molecule has 0 aliphatic heterocycles. The van der Waals surface area contributed by atoms with Crippen molar-refractivity contribution in [2.45, 2.75) is 25.7 Å². The Morgan fingerprint density at radius 3 is 2.22 bits per heavy atom. The predicted molar refractivity (Wildman–Crippen MR) is 95.4 cm³/mol. The summed E-state index contributed by atoms with van der Waals surface area (Å²) in [5.41, 5.74) is 1.18. The van der Waals surface area contributed by atoms with Crippen LogP contribution in [-0.4, -0.2) is 6.54 Å². The SMILES string of the molecule is Clc1ccc(Oc2ccc(NCC3CC4CCC3C4)cc2)cc1. The Kier molecular flexibility index (Phi) is 4.17. The third-order valence-corrected chi connectivity index (χ3v) is 5.61. The van der Waals surface area contributed by atoms with Crippen molar-refractivity contribution in [3.63, 3.8) is 0 Å². The molecule has 3 atom stereocenters. The topological polar surface area (TPSA) is 21.3 Å². The van der Waals surface area contributed by atoms with Gasteiger partial charge in [0.2, 0.25) is 0 Å². The Bertz CT molecular complexity index is 652. The maximum atomic E-state index is 5.88. The van der Waals surface area contributed by atoms with E-state index in [1.54, 1.807) is 0 Å². The van der Waals surface area contributed by atoms with Gasteiger partial charge in [-0.05, 0) is 85.5 Å². The highest BCUT2D eigenvalue weighted by molar-refractivity contribution is 6.30. The van der Waals surface area contributed by atoms with Crippen molar-refractivity contribution in [3.8, 4) is 11.5 Å². The summed E-state index contributed by atoms with van der Waals surface area (Å²) in [4.78, 5) is 0. The summed E-state index contributed by atoms with van der Waals surface area (Å²) in [5, 5.41) is 4.32. The molecule has 0 radical (unpaired) electrons. The molecule has 2 aromatic carbocycles. The molecule has 1 N–H and O–H groups in total. The van der Waals surface area contributed by atoms with Crippen LogP contribution in [0.1, 0.15) is 25.7 Å². The van der Waals surface area contributed by atoms with Gasteiger partial charge in [0.25, 0.3) is 0 Å². The predicted octanol–water partition coefficient (Wildman–Crippen LogP) is 5.98. The first-order chi connectivity index (χ1) is 11.3. The van der Waals surface area contributed by atoms with Crippen molar-refractivity contribution < 1.29 is 4.74 Å². The second kappa shape index (κ2) is 6.45. The molecular weight excluding hydrogens is 306 g/mol. The summed E-state index contributed by atoms with van der Waals surface area (Å²) in [7, 11) is 0. The van der Waals surface area contributed by atoms with E-state index in [1.165, 1.54) is 31.4 Å². The lowest BCUT2D eigenvalue weighted by atomic mass is 9.89. The van der Waals surface area contributed by atoms with Crippen molar-refractivity contribution in [1.82, 2.24) is 0 Å². The second-order valence-corrected chi connectivity index (χ2v) is 7.33. The fourth-order valence-electron chi connectivity index (χ4n) is 4.15. The molecule has 23 heavy (non-hydrogen) atoms. The maximum Gasteiger partial charge on any atom is 0.127 e. The van der Waals surface area contributed by atoms with Gasteiger partial charge in [-0.2, -0.15) is 0 Å².